The Kier molecular flexibility index (Phi) is 4.31. The zero-order valence-corrected chi connectivity index (χ0v) is 13.8. The molecular weight excluding hydrogens is 314 g/mol. The minimum absolute atomic E-state index is 0.159. The van der Waals surface area contributed by atoms with Crippen LogP contribution in [0.25, 0.3) is 0 Å². The van der Waals surface area contributed by atoms with Crippen LogP contribution in [0.15, 0.2) is 22.5 Å². The first-order valence-electron chi connectivity index (χ1n) is 8.03. The first kappa shape index (κ1) is 16.5. The lowest BCUT2D eigenvalue weighted by Crippen LogP contribution is -2.38. The topological polar surface area (TPSA) is 102 Å². The molecule has 2 fully saturated rings. The van der Waals surface area contributed by atoms with Crippen LogP contribution in [0, 0.1) is 0 Å². The molecule has 1 atom stereocenters. The number of carbonyl (C=O) groups is 3. The summed E-state index contributed by atoms with van der Waals surface area (Å²) in [4.78, 5) is 40.6. The molecule has 0 spiro atoms. The third-order valence-electron chi connectivity index (χ3n) is 4.22. The number of allylic oxidation sites excluding steroid dienone is 2. The SMILES string of the molecule is CCOC(COC(N)=O)C1=C(N2CC2)C(=O)C(C)=C(N2CC2)C1=O. The highest BCUT2D eigenvalue weighted by Gasteiger charge is 2.44. The standard InChI is InChI=1S/C16H21N3O5/c1-3-23-10(8-24-16(17)22)11-13(19-6-7-19)14(20)9(2)12(15(11)21)18-4-5-18/h10H,3-8H2,1-2H3,(H2,17,22). The average molecular weight is 335 g/mol. The normalized spacial score (nSPS) is 21.4. The summed E-state index contributed by atoms with van der Waals surface area (Å²) in [5.74, 6) is -0.384. The van der Waals surface area contributed by atoms with E-state index in [0.717, 1.165) is 26.2 Å². The Morgan fingerprint density at radius 1 is 1.12 bits per heavy atom. The molecule has 3 aliphatic rings. The van der Waals surface area contributed by atoms with E-state index in [9.17, 15) is 14.4 Å². The summed E-state index contributed by atoms with van der Waals surface area (Å²) in [6, 6.07) is 0. The number of ether oxygens (including phenoxy) is 2. The molecule has 8 nitrogen and oxygen atoms in total. The van der Waals surface area contributed by atoms with Crippen molar-refractivity contribution in [2.75, 3.05) is 39.4 Å². The molecule has 2 heterocycles. The van der Waals surface area contributed by atoms with Crippen molar-refractivity contribution in [2.24, 2.45) is 5.73 Å². The summed E-state index contributed by atoms with van der Waals surface area (Å²) in [6.07, 6.45) is -1.75. The lowest BCUT2D eigenvalue weighted by molar-refractivity contribution is -0.119. The molecule has 0 aromatic heterocycles. The van der Waals surface area contributed by atoms with Gasteiger partial charge in [0, 0.05) is 38.4 Å². The Balaban J connectivity index is 2.00. The van der Waals surface area contributed by atoms with Gasteiger partial charge in [-0.3, -0.25) is 9.59 Å². The van der Waals surface area contributed by atoms with Crippen LogP contribution in [0.4, 0.5) is 4.79 Å². The third-order valence-corrected chi connectivity index (χ3v) is 4.22. The second-order valence-electron chi connectivity index (χ2n) is 5.94. The summed E-state index contributed by atoms with van der Waals surface area (Å²) >= 11 is 0. The van der Waals surface area contributed by atoms with Gasteiger partial charge < -0.3 is 25.0 Å². The monoisotopic (exact) mass is 335 g/mol. The van der Waals surface area contributed by atoms with Gasteiger partial charge in [0.1, 0.15) is 12.7 Å². The average Bonchev–Trinajstić information content (AvgIpc) is 3.40. The number of amides is 1. The second-order valence-corrected chi connectivity index (χ2v) is 5.94. The second kappa shape index (κ2) is 6.27. The van der Waals surface area contributed by atoms with Crippen LogP contribution in [-0.2, 0) is 19.1 Å². The Labute approximate surface area is 139 Å². The summed E-state index contributed by atoms with van der Waals surface area (Å²) in [5.41, 5.74) is 6.57. The van der Waals surface area contributed by atoms with E-state index in [1.54, 1.807) is 13.8 Å². The van der Waals surface area contributed by atoms with Crippen LogP contribution < -0.4 is 5.73 Å². The molecule has 2 saturated heterocycles. The Hall–Kier alpha value is -2.35. The predicted octanol–water partition coefficient (Wildman–Crippen LogP) is -0.202. The van der Waals surface area contributed by atoms with E-state index in [1.165, 1.54) is 0 Å². The van der Waals surface area contributed by atoms with Gasteiger partial charge >= 0.3 is 6.09 Å². The number of primary amides is 1. The number of hydrogen-bond acceptors (Lipinski definition) is 7. The minimum atomic E-state index is -0.943. The zero-order valence-electron chi connectivity index (χ0n) is 13.8. The quantitative estimate of drug-likeness (QED) is 0.508. The maximum Gasteiger partial charge on any atom is 0.404 e. The number of carbonyl (C=O) groups excluding carboxylic acids is 3. The van der Waals surface area contributed by atoms with E-state index in [2.05, 4.69) is 0 Å². The van der Waals surface area contributed by atoms with Crippen LogP contribution in [0.3, 0.4) is 0 Å². The van der Waals surface area contributed by atoms with Gasteiger partial charge in [0.25, 0.3) is 0 Å². The van der Waals surface area contributed by atoms with Gasteiger partial charge in [0.15, 0.2) is 0 Å². The van der Waals surface area contributed by atoms with E-state index in [4.69, 9.17) is 15.2 Å². The summed E-state index contributed by atoms with van der Waals surface area (Å²) in [7, 11) is 0. The Morgan fingerprint density at radius 2 is 1.71 bits per heavy atom. The Bertz CT molecular complexity index is 659. The molecule has 2 N–H and O–H groups in total. The van der Waals surface area contributed by atoms with E-state index in [1.807, 2.05) is 9.80 Å². The number of ketones is 2. The molecule has 1 aliphatic carbocycles. The van der Waals surface area contributed by atoms with Crippen LogP contribution in [0.2, 0.25) is 0 Å². The highest BCUT2D eigenvalue weighted by molar-refractivity contribution is 6.25. The van der Waals surface area contributed by atoms with Gasteiger partial charge in [-0.2, -0.15) is 0 Å². The molecule has 3 rings (SSSR count). The number of hydrogen-bond donors (Lipinski definition) is 1. The predicted molar refractivity (Wildman–Crippen MR) is 83.8 cm³/mol. The maximum absolute atomic E-state index is 13.1. The van der Waals surface area contributed by atoms with Crippen molar-refractivity contribution < 1.29 is 23.9 Å². The smallest absolute Gasteiger partial charge is 0.404 e. The summed E-state index contributed by atoms with van der Waals surface area (Å²) in [6.45, 7) is 6.54. The van der Waals surface area contributed by atoms with Crippen LogP contribution in [0.1, 0.15) is 13.8 Å². The maximum atomic E-state index is 13.1. The molecule has 1 unspecified atom stereocenters. The fourth-order valence-electron chi connectivity index (χ4n) is 2.93. The highest BCUT2D eigenvalue weighted by Crippen LogP contribution is 2.35. The van der Waals surface area contributed by atoms with Crippen molar-refractivity contribution in [1.29, 1.82) is 0 Å². The molecule has 130 valence electrons. The minimum Gasteiger partial charge on any atom is -0.447 e. The number of nitrogens with zero attached hydrogens (tertiary/aromatic N) is 2. The molecule has 0 radical (unpaired) electrons. The number of rotatable bonds is 7. The fourth-order valence-corrected chi connectivity index (χ4v) is 2.93. The molecule has 1 amide bonds. The zero-order chi connectivity index (χ0) is 17.4. The van der Waals surface area contributed by atoms with Crippen LogP contribution >= 0.6 is 0 Å². The van der Waals surface area contributed by atoms with Crippen molar-refractivity contribution in [3.8, 4) is 0 Å². The molecule has 24 heavy (non-hydrogen) atoms. The van der Waals surface area contributed by atoms with Gasteiger partial charge in [0.05, 0.1) is 17.0 Å². The fraction of sp³-hybridized carbons (Fsp3) is 0.562. The van der Waals surface area contributed by atoms with Crippen LogP contribution in [-0.4, -0.2) is 73.0 Å². The first-order valence-corrected chi connectivity index (χ1v) is 8.03. The molecular formula is C16H21N3O5. The largest absolute Gasteiger partial charge is 0.447 e. The third kappa shape index (κ3) is 3.01. The summed E-state index contributed by atoms with van der Waals surface area (Å²) < 4.78 is 10.5. The molecule has 8 heteroatoms. The lowest BCUT2D eigenvalue weighted by Gasteiger charge is -2.28. The highest BCUT2D eigenvalue weighted by atomic mass is 16.6. The van der Waals surface area contributed by atoms with Crippen molar-refractivity contribution in [1.82, 2.24) is 9.80 Å². The molecule has 0 aromatic rings. The van der Waals surface area contributed by atoms with Gasteiger partial charge in [-0.1, -0.05) is 0 Å². The molecule has 0 bridgehead atoms. The molecule has 0 saturated carbocycles. The van der Waals surface area contributed by atoms with Gasteiger partial charge in [-0.05, 0) is 13.8 Å². The van der Waals surface area contributed by atoms with E-state index in [0.29, 0.717) is 23.6 Å². The summed E-state index contributed by atoms with van der Waals surface area (Å²) in [5, 5.41) is 0. The number of nitrogens with two attached hydrogens (primary N) is 1. The van der Waals surface area contributed by atoms with Gasteiger partial charge in [0.2, 0.25) is 11.6 Å². The number of Topliss-reactive ketones (excluding diaryl/α,β-unsaturated/α-hetero) is 2. The molecule has 0 aromatic carbocycles. The van der Waals surface area contributed by atoms with Crippen molar-refractivity contribution >= 4 is 17.7 Å². The lowest BCUT2D eigenvalue weighted by atomic mass is 9.88. The molecule has 2 aliphatic heterocycles. The van der Waals surface area contributed by atoms with Crippen molar-refractivity contribution in [2.45, 2.75) is 20.0 Å². The van der Waals surface area contributed by atoms with Crippen molar-refractivity contribution in [3.05, 3.63) is 22.5 Å². The Morgan fingerprint density at radius 3 is 2.21 bits per heavy atom. The van der Waals surface area contributed by atoms with E-state index in [-0.39, 0.29) is 23.7 Å². The van der Waals surface area contributed by atoms with Crippen LogP contribution in [0.5, 0.6) is 0 Å². The first-order chi connectivity index (χ1) is 11.5. The van der Waals surface area contributed by atoms with Crippen molar-refractivity contribution in [3.63, 3.8) is 0 Å². The van der Waals surface area contributed by atoms with Gasteiger partial charge in [-0.15, -0.1) is 0 Å². The van der Waals surface area contributed by atoms with Gasteiger partial charge in [-0.25, -0.2) is 4.79 Å². The van der Waals surface area contributed by atoms with E-state index >= 15 is 0 Å². The van der Waals surface area contributed by atoms with E-state index < -0.39 is 12.2 Å².